The molecule has 0 spiro atoms. The van der Waals surface area contributed by atoms with Crippen LogP contribution in [0, 0.1) is 5.92 Å². The highest BCUT2D eigenvalue weighted by Crippen LogP contribution is 2.40. The van der Waals surface area contributed by atoms with Gasteiger partial charge >= 0.3 is 6.18 Å². The number of halogens is 3. The zero-order chi connectivity index (χ0) is 13.2. The third-order valence-electron chi connectivity index (χ3n) is 4.17. The van der Waals surface area contributed by atoms with Crippen molar-refractivity contribution >= 4 is 0 Å². The van der Waals surface area contributed by atoms with Gasteiger partial charge in [0.25, 0.3) is 0 Å². The Kier molecular flexibility index (Phi) is 4.22. The number of nitrogens with one attached hydrogen (secondary N) is 1. The van der Waals surface area contributed by atoms with Gasteiger partial charge in [0.15, 0.2) is 0 Å². The smallest absolute Gasteiger partial charge is 0.309 e. The number of hydrogen-bond donors (Lipinski definition) is 1. The van der Waals surface area contributed by atoms with Gasteiger partial charge < -0.3 is 10.2 Å². The number of unbranched alkanes of at least 4 members (excludes halogenated alkanes) is 1. The number of alkyl halides is 3. The molecule has 1 aliphatic heterocycles. The van der Waals surface area contributed by atoms with E-state index in [-0.39, 0.29) is 12.0 Å². The van der Waals surface area contributed by atoms with E-state index in [4.69, 9.17) is 0 Å². The molecule has 0 radical (unpaired) electrons. The Hall–Kier alpha value is -0.290. The van der Waals surface area contributed by atoms with E-state index >= 15 is 0 Å². The maximum atomic E-state index is 12.0. The monoisotopic (exact) mass is 264 g/mol. The highest BCUT2D eigenvalue weighted by atomic mass is 19.4. The molecule has 5 heteroatoms. The van der Waals surface area contributed by atoms with Crippen molar-refractivity contribution in [1.29, 1.82) is 0 Å². The number of rotatable bonds is 5. The van der Waals surface area contributed by atoms with Gasteiger partial charge in [-0.25, -0.2) is 0 Å². The third-order valence-corrected chi connectivity index (χ3v) is 4.17. The summed E-state index contributed by atoms with van der Waals surface area (Å²) in [5.74, 6) is 0.774. The fourth-order valence-corrected chi connectivity index (χ4v) is 2.94. The Bertz CT molecular complexity index is 276. The summed E-state index contributed by atoms with van der Waals surface area (Å²) in [6.45, 7) is 5.98. The minimum Gasteiger partial charge on any atom is -0.309 e. The van der Waals surface area contributed by atoms with Gasteiger partial charge in [0.2, 0.25) is 0 Å². The van der Waals surface area contributed by atoms with E-state index in [9.17, 15) is 13.2 Å². The van der Waals surface area contributed by atoms with Crippen molar-refractivity contribution in [3.8, 4) is 0 Å². The van der Waals surface area contributed by atoms with Gasteiger partial charge in [0.05, 0.1) is 0 Å². The first-order valence-electron chi connectivity index (χ1n) is 6.93. The van der Waals surface area contributed by atoms with Crippen molar-refractivity contribution in [3.63, 3.8) is 0 Å². The quantitative estimate of drug-likeness (QED) is 0.768. The summed E-state index contributed by atoms with van der Waals surface area (Å²) < 4.78 is 36.1. The molecule has 1 aliphatic carbocycles. The third kappa shape index (κ3) is 4.12. The minimum atomic E-state index is -3.99. The average molecular weight is 264 g/mol. The summed E-state index contributed by atoms with van der Waals surface area (Å²) in [6.07, 6.45) is -1.13. The molecule has 1 unspecified atom stereocenters. The predicted molar refractivity (Wildman–Crippen MR) is 65.5 cm³/mol. The average Bonchev–Trinajstić information content (AvgIpc) is 3.07. The van der Waals surface area contributed by atoms with Crippen molar-refractivity contribution in [2.24, 2.45) is 5.92 Å². The first kappa shape index (κ1) is 14.1. The van der Waals surface area contributed by atoms with Gasteiger partial charge in [0.1, 0.15) is 0 Å². The van der Waals surface area contributed by atoms with Crippen molar-refractivity contribution < 1.29 is 13.2 Å². The number of piperazine rings is 1. The van der Waals surface area contributed by atoms with Crippen LogP contribution in [-0.4, -0.2) is 42.8 Å². The van der Waals surface area contributed by atoms with E-state index in [1.54, 1.807) is 0 Å². The number of hydrogen-bond acceptors (Lipinski definition) is 2. The van der Waals surface area contributed by atoms with Crippen molar-refractivity contribution in [2.75, 3.05) is 26.2 Å². The Balaban J connectivity index is 1.67. The van der Waals surface area contributed by atoms with E-state index in [1.807, 2.05) is 0 Å². The highest BCUT2D eigenvalue weighted by Gasteiger charge is 2.43. The van der Waals surface area contributed by atoms with E-state index in [0.29, 0.717) is 6.42 Å². The van der Waals surface area contributed by atoms with Crippen LogP contribution in [0.5, 0.6) is 0 Å². The van der Waals surface area contributed by atoms with E-state index in [0.717, 1.165) is 32.1 Å². The van der Waals surface area contributed by atoms with Crippen LogP contribution in [0.2, 0.25) is 0 Å². The Labute approximate surface area is 107 Å². The topological polar surface area (TPSA) is 15.3 Å². The molecule has 0 aromatic carbocycles. The first-order valence-corrected chi connectivity index (χ1v) is 6.93. The maximum Gasteiger partial charge on any atom is 0.389 e. The second kappa shape index (κ2) is 5.37. The zero-order valence-electron chi connectivity index (χ0n) is 11.0. The lowest BCUT2D eigenvalue weighted by molar-refractivity contribution is -0.135. The molecule has 2 fully saturated rings. The molecule has 1 saturated carbocycles. The molecule has 0 amide bonds. The van der Waals surface area contributed by atoms with Crippen molar-refractivity contribution in [3.05, 3.63) is 0 Å². The summed E-state index contributed by atoms with van der Waals surface area (Å²) in [7, 11) is 0. The summed E-state index contributed by atoms with van der Waals surface area (Å²) in [6, 6.07) is 0. The van der Waals surface area contributed by atoms with E-state index in [1.165, 1.54) is 12.8 Å². The molecular formula is C13H23F3N2. The molecule has 0 bridgehead atoms. The van der Waals surface area contributed by atoms with Gasteiger partial charge in [-0.3, -0.25) is 0 Å². The SMILES string of the molecule is CC1(C2CC2)CN(CCCCC(F)(F)F)CCN1. The normalized spacial score (nSPS) is 30.7. The lowest BCUT2D eigenvalue weighted by Gasteiger charge is -2.42. The molecule has 18 heavy (non-hydrogen) atoms. The van der Waals surface area contributed by atoms with Gasteiger partial charge in [0, 0.05) is 31.6 Å². The summed E-state index contributed by atoms with van der Waals surface area (Å²) in [5.41, 5.74) is 0.197. The second-order valence-corrected chi connectivity index (χ2v) is 5.97. The molecule has 1 heterocycles. The minimum absolute atomic E-state index is 0.197. The lowest BCUT2D eigenvalue weighted by atomic mass is 9.93. The predicted octanol–water partition coefficient (Wildman–Crippen LogP) is 2.79. The Morgan fingerprint density at radius 1 is 1.28 bits per heavy atom. The molecular weight excluding hydrogens is 241 g/mol. The zero-order valence-corrected chi connectivity index (χ0v) is 11.0. The van der Waals surface area contributed by atoms with Gasteiger partial charge in [-0.05, 0) is 45.1 Å². The highest BCUT2D eigenvalue weighted by molar-refractivity contribution is 5.01. The second-order valence-electron chi connectivity index (χ2n) is 5.97. The van der Waals surface area contributed by atoms with Gasteiger partial charge in [-0.15, -0.1) is 0 Å². The van der Waals surface area contributed by atoms with Crippen molar-refractivity contribution in [1.82, 2.24) is 10.2 Å². The molecule has 0 aromatic rings. The van der Waals surface area contributed by atoms with Crippen LogP contribution >= 0.6 is 0 Å². The fourth-order valence-electron chi connectivity index (χ4n) is 2.94. The molecule has 2 rings (SSSR count). The fraction of sp³-hybridized carbons (Fsp3) is 1.00. The summed E-state index contributed by atoms with van der Waals surface area (Å²) in [5, 5.41) is 3.58. The molecule has 0 aromatic heterocycles. The molecule has 2 nitrogen and oxygen atoms in total. The largest absolute Gasteiger partial charge is 0.389 e. The standard InChI is InChI=1S/C13H23F3N2/c1-12(11-4-5-11)10-18(9-7-17-12)8-3-2-6-13(14,15)16/h11,17H,2-10H2,1H3. The summed E-state index contributed by atoms with van der Waals surface area (Å²) >= 11 is 0. The van der Waals surface area contributed by atoms with Crippen LogP contribution in [-0.2, 0) is 0 Å². The summed E-state index contributed by atoms with van der Waals surface area (Å²) in [4.78, 5) is 2.32. The van der Waals surface area contributed by atoms with E-state index in [2.05, 4.69) is 17.1 Å². The Morgan fingerprint density at radius 2 is 2.00 bits per heavy atom. The van der Waals surface area contributed by atoms with Crippen LogP contribution in [0.25, 0.3) is 0 Å². The van der Waals surface area contributed by atoms with E-state index < -0.39 is 12.6 Å². The van der Waals surface area contributed by atoms with Crippen LogP contribution < -0.4 is 5.32 Å². The molecule has 1 saturated heterocycles. The van der Waals surface area contributed by atoms with Gasteiger partial charge in [-0.1, -0.05) is 0 Å². The van der Waals surface area contributed by atoms with Crippen LogP contribution in [0.15, 0.2) is 0 Å². The van der Waals surface area contributed by atoms with Crippen LogP contribution in [0.1, 0.15) is 39.0 Å². The molecule has 1 atom stereocenters. The molecule has 106 valence electrons. The maximum absolute atomic E-state index is 12.0. The van der Waals surface area contributed by atoms with Crippen LogP contribution in [0.4, 0.5) is 13.2 Å². The van der Waals surface area contributed by atoms with Crippen LogP contribution in [0.3, 0.4) is 0 Å². The Morgan fingerprint density at radius 3 is 2.61 bits per heavy atom. The number of nitrogens with zero attached hydrogens (tertiary/aromatic N) is 1. The molecule has 1 N–H and O–H groups in total. The lowest BCUT2D eigenvalue weighted by Crippen LogP contribution is -2.60. The van der Waals surface area contributed by atoms with Crippen molar-refractivity contribution in [2.45, 2.75) is 50.7 Å². The van der Waals surface area contributed by atoms with Gasteiger partial charge in [-0.2, -0.15) is 13.2 Å². The molecule has 2 aliphatic rings. The first-order chi connectivity index (χ1) is 8.39.